The fourth-order valence-electron chi connectivity index (χ4n) is 3.58. The maximum Gasteiger partial charge on any atom is 0.261 e. The van der Waals surface area contributed by atoms with Gasteiger partial charge in [0.05, 0.1) is 39.4 Å². The van der Waals surface area contributed by atoms with Crippen molar-refractivity contribution in [2.45, 2.75) is 32.1 Å². The largest absolute Gasteiger partial charge is 0.493 e. The quantitative estimate of drug-likeness (QED) is 0.443. The molecule has 0 aliphatic carbocycles. The van der Waals surface area contributed by atoms with Crippen molar-refractivity contribution >= 4 is 20.7 Å². The summed E-state index contributed by atoms with van der Waals surface area (Å²) in [5.74, 6) is 0.907. The normalized spacial score (nSPS) is 11.8. The van der Waals surface area contributed by atoms with E-state index in [1.54, 1.807) is 44.6 Å². The highest BCUT2D eigenvalue weighted by Gasteiger charge is 2.20. The zero-order valence-corrected chi connectivity index (χ0v) is 19.7. The first-order valence-corrected chi connectivity index (χ1v) is 12.3. The van der Waals surface area contributed by atoms with Gasteiger partial charge < -0.3 is 9.30 Å². The first kappa shape index (κ1) is 22.7. The Labute approximate surface area is 191 Å². The van der Waals surface area contributed by atoms with E-state index in [1.165, 1.54) is 10.8 Å². The van der Waals surface area contributed by atoms with Crippen molar-refractivity contribution < 1.29 is 13.2 Å². The number of aryl methyl sites for hydroxylation is 2. The van der Waals surface area contributed by atoms with Crippen molar-refractivity contribution in [3.63, 3.8) is 0 Å². The van der Waals surface area contributed by atoms with Crippen molar-refractivity contribution in [3.8, 4) is 28.3 Å². The second kappa shape index (κ2) is 8.78. The molecule has 172 valence electrons. The predicted molar refractivity (Wildman–Crippen MR) is 126 cm³/mol. The van der Waals surface area contributed by atoms with E-state index in [1.807, 2.05) is 13.8 Å². The van der Waals surface area contributed by atoms with Crippen LogP contribution in [-0.2, 0) is 16.9 Å². The second-order valence-corrected chi connectivity index (χ2v) is 9.99. The Bertz CT molecular complexity index is 1510. The van der Waals surface area contributed by atoms with E-state index in [0.717, 1.165) is 12.1 Å². The molecule has 0 spiro atoms. The maximum atomic E-state index is 12.8. The van der Waals surface area contributed by atoms with Gasteiger partial charge >= 0.3 is 0 Å². The molecule has 0 bridgehead atoms. The van der Waals surface area contributed by atoms with Gasteiger partial charge in [-0.25, -0.2) is 18.4 Å². The minimum absolute atomic E-state index is 0.0261. The molecule has 0 radical (unpaired) electrons. The number of fused-ring (bicyclic) bond motifs is 1. The number of pyridine rings is 1. The molecule has 0 unspecified atom stereocenters. The lowest BCUT2D eigenvalue weighted by atomic mass is 10.0. The molecule has 0 saturated carbocycles. The third-order valence-electron chi connectivity index (χ3n) is 5.43. The summed E-state index contributed by atoms with van der Waals surface area (Å²) in [5.41, 5.74) is 2.73. The number of H-pyrrole nitrogens is 1. The molecule has 9 nitrogen and oxygen atoms in total. The Morgan fingerprint density at radius 2 is 1.94 bits per heavy atom. The van der Waals surface area contributed by atoms with Gasteiger partial charge in [-0.2, -0.15) is 5.10 Å². The highest BCUT2D eigenvalue weighted by Crippen LogP contribution is 2.36. The molecule has 0 amide bonds. The topological polar surface area (TPSA) is 120 Å². The van der Waals surface area contributed by atoms with Crippen molar-refractivity contribution in [1.29, 1.82) is 0 Å². The third kappa shape index (κ3) is 4.13. The van der Waals surface area contributed by atoms with Crippen molar-refractivity contribution in [1.82, 2.24) is 24.7 Å². The standard InChI is InChI=1S/C23H25N5O4S/c1-5-9-32-20-8-7-15(33(30,31)6-2)10-16(20)19-13-28(4)23(29)18-11-24-22(26-21(18)19)17-12-25-27-14(17)3/h7-8,10-13H,5-6,9H2,1-4H3,(H,25,27). The van der Waals surface area contributed by atoms with Crippen LogP contribution in [0.2, 0.25) is 0 Å². The van der Waals surface area contributed by atoms with Gasteiger partial charge in [-0.1, -0.05) is 13.8 Å². The van der Waals surface area contributed by atoms with Gasteiger partial charge in [-0.05, 0) is 31.5 Å². The molecule has 10 heteroatoms. The Hall–Kier alpha value is -3.53. The molecule has 3 aromatic heterocycles. The van der Waals surface area contributed by atoms with Gasteiger partial charge in [0.25, 0.3) is 5.56 Å². The molecule has 1 N–H and O–H groups in total. The smallest absolute Gasteiger partial charge is 0.261 e. The Balaban J connectivity index is 2.05. The number of rotatable bonds is 7. The van der Waals surface area contributed by atoms with Crippen molar-refractivity contribution in [2.24, 2.45) is 7.05 Å². The Morgan fingerprint density at radius 1 is 1.15 bits per heavy atom. The van der Waals surface area contributed by atoms with Gasteiger partial charge in [0.15, 0.2) is 15.7 Å². The van der Waals surface area contributed by atoms with Gasteiger partial charge in [-0.15, -0.1) is 0 Å². The fraction of sp³-hybridized carbons (Fsp3) is 0.304. The lowest BCUT2D eigenvalue weighted by Gasteiger charge is -2.15. The van der Waals surface area contributed by atoms with E-state index in [2.05, 4.69) is 15.2 Å². The van der Waals surface area contributed by atoms with Crippen LogP contribution in [0.15, 0.2) is 46.5 Å². The van der Waals surface area contributed by atoms with Crippen LogP contribution in [0.25, 0.3) is 33.4 Å². The summed E-state index contributed by atoms with van der Waals surface area (Å²) < 4.78 is 32.6. The Morgan fingerprint density at radius 3 is 2.61 bits per heavy atom. The Kier molecular flexibility index (Phi) is 6.03. The minimum Gasteiger partial charge on any atom is -0.493 e. The fourth-order valence-corrected chi connectivity index (χ4v) is 4.48. The molecule has 0 aliphatic heterocycles. The van der Waals surface area contributed by atoms with Crippen LogP contribution in [0.1, 0.15) is 26.0 Å². The van der Waals surface area contributed by atoms with Crippen LogP contribution in [-0.4, -0.2) is 45.5 Å². The first-order valence-electron chi connectivity index (χ1n) is 10.6. The third-order valence-corrected chi connectivity index (χ3v) is 7.16. The number of nitrogens with one attached hydrogen (secondary N) is 1. The summed E-state index contributed by atoms with van der Waals surface area (Å²) in [4.78, 5) is 22.1. The molecule has 33 heavy (non-hydrogen) atoms. The zero-order chi connectivity index (χ0) is 23.8. The number of hydrogen-bond donors (Lipinski definition) is 1. The van der Waals surface area contributed by atoms with Crippen molar-refractivity contribution in [3.05, 3.63) is 52.8 Å². The van der Waals surface area contributed by atoms with Gasteiger partial charge in [0.2, 0.25) is 0 Å². The number of ether oxygens (including phenoxy) is 1. The van der Waals surface area contributed by atoms with E-state index in [4.69, 9.17) is 9.72 Å². The number of aromatic amines is 1. The zero-order valence-electron chi connectivity index (χ0n) is 18.9. The van der Waals surface area contributed by atoms with Gasteiger partial charge in [0.1, 0.15) is 5.75 Å². The first-order chi connectivity index (χ1) is 15.8. The molecular formula is C23H25N5O4S. The minimum atomic E-state index is -3.46. The van der Waals surface area contributed by atoms with Crippen molar-refractivity contribution in [2.75, 3.05) is 12.4 Å². The highest BCUT2D eigenvalue weighted by molar-refractivity contribution is 7.91. The summed E-state index contributed by atoms with van der Waals surface area (Å²) in [6, 6.07) is 4.80. The molecule has 0 aliphatic rings. The van der Waals surface area contributed by atoms with Crippen LogP contribution >= 0.6 is 0 Å². The monoisotopic (exact) mass is 467 g/mol. The van der Waals surface area contributed by atoms with E-state index >= 15 is 0 Å². The number of aromatic nitrogens is 5. The molecule has 3 heterocycles. The summed E-state index contributed by atoms with van der Waals surface area (Å²) in [7, 11) is -1.82. The number of sulfone groups is 1. The number of hydrogen-bond acceptors (Lipinski definition) is 7. The summed E-state index contributed by atoms with van der Waals surface area (Å²) in [6.07, 6.45) is 5.63. The summed E-state index contributed by atoms with van der Waals surface area (Å²) in [5, 5.41) is 7.24. The van der Waals surface area contributed by atoms with E-state index in [9.17, 15) is 13.2 Å². The lowest BCUT2D eigenvalue weighted by molar-refractivity contribution is 0.318. The second-order valence-electron chi connectivity index (χ2n) is 7.71. The van der Waals surface area contributed by atoms with Crippen LogP contribution in [0, 0.1) is 6.92 Å². The molecule has 0 atom stereocenters. The molecule has 4 rings (SSSR count). The SMILES string of the molecule is CCCOc1ccc(S(=O)(=O)CC)cc1-c1cn(C)c(=O)c2cnc(-c3c[nH]nc3C)nc12. The maximum absolute atomic E-state index is 12.8. The van der Waals surface area contributed by atoms with Gasteiger partial charge in [-0.3, -0.25) is 9.89 Å². The molecule has 4 aromatic rings. The predicted octanol–water partition coefficient (Wildman–Crippen LogP) is 3.28. The molecule has 1 aromatic carbocycles. The van der Waals surface area contributed by atoms with E-state index < -0.39 is 9.84 Å². The van der Waals surface area contributed by atoms with Crippen LogP contribution < -0.4 is 10.3 Å². The van der Waals surface area contributed by atoms with Gasteiger partial charge in [0, 0.05) is 36.8 Å². The average molecular weight is 468 g/mol. The molecule has 0 saturated heterocycles. The summed E-state index contributed by atoms with van der Waals surface area (Å²) in [6.45, 7) is 5.89. The van der Waals surface area contributed by atoms with Crippen LogP contribution in [0.3, 0.4) is 0 Å². The molecule has 0 fully saturated rings. The molecular weight excluding hydrogens is 442 g/mol. The van der Waals surface area contributed by atoms with E-state index in [0.29, 0.717) is 45.8 Å². The average Bonchev–Trinajstić information content (AvgIpc) is 3.25. The number of benzene rings is 1. The van der Waals surface area contributed by atoms with E-state index in [-0.39, 0.29) is 16.2 Å². The lowest BCUT2D eigenvalue weighted by Crippen LogP contribution is -2.18. The summed E-state index contributed by atoms with van der Waals surface area (Å²) >= 11 is 0. The number of nitrogens with zero attached hydrogens (tertiary/aromatic N) is 4. The van der Waals surface area contributed by atoms with Crippen LogP contribution in [0.5, 0.6) is 5.75 Å². The highest BCUT2D eigenvalue weighted by atomic mass is 32.2. The van der Waals surface area contributed by atoms with Crippen LogP contribution in [0.4, 0.5) is 0 Å².